The van der Waals surface area contributed by atoms with E-state index in [0.717, 1.165) is 83.3 Å². The van der Waals surface area contributed by atoms with Gasteiger partial charge in [0.15, 0.2) is 0 Å². The largest absolute Gasteiger partial charge is 0.495 e. The van der Waals surface area contributed by atoms with Crippen molar-refractivity contribution in [2.45, 2.75) is 251 Å². The molecule has 0 bridgehead atoms. The number of likely N-dealkylation sites (N-methyl/N-ethyl adjacent to an activating group) is 1. The fourth-order valence-corrected chi connectivity index (χ4v) is 8.26. The first kappa shape index (κ1) is 57.9. The molecule has 0 saturated heterocycles. The zero-order chi connectivity index (χ0) is 43.4. The van der Waals surface area contributed by atoms with Gasteiger partial charge >= 0.3 is 5.97 Å². The second-order valence-corrected chi connectivity index (χ2v) is 18.6. The van der Waals surface area contributed by atoms with Crippen molar-refractivity contribution in [3.8, 4) is 0 Å². The molecule has 0 heterocycles. The van der Waals surface area contributed by atoms with E-state index in [1.807, 2.05) is 0 Å². The topological polar surface area (TPSA) is 65.5 Å². The lowest BCUT2D eigenvalue weighted by Gasteiger charge is -2.28. The Kier molecular flexibility index (Phi) is 44.0. The SMILES string of the molecule is C=C(CCCCCCCN(CCCCCC(=O)OCCCCCCCCCCC)CC(O)CN(C)CCCN(C)C)OC(CCCCCCCC)CCCCCCCC. The van der Waals surface area contributed by atoms with Crippen LogP contribution in [0.4, 0.5) is 0 Å². The Bertz CT molecular complexity index is 870. The highest BCUT2D eigenvalue weighted by Gasteiger charge is 2.15. The molecule has 0 radical (unpaired) electrons. The zero-order valence-corrected chi connectivity index (χ0v) is 40.9. The predicted octanol–water partition coefficient (Wildman–Crippen LogP) is 13.9. The number of aliphatic hydroxyl groups excluding tert-OH is 1. The molecule has 0 aromatic heterocycles. The summed E-state index contributed by atoms with van der Waals surface area (Å²) in [7, 11) is 6.36. The van der Waals surface area contributed by atoms with Gasteiger partial charge in [-0.15, -0.1) is 0 Å². The number of unbranched alkanes of at least 4 members (excludes halogenated alkanes) is 24. The summed E-state index contributed by atoms with van der Waals surface area (Å²) < 4.78 is 12.1. The fourth-order valence-electron chi connectivity index (χ4n) is 8.26. The molecule has 1 atom stereocenters. The molecule has 7 heteroatoms. The highest BCUT2D eigenvalue weighted by atomic mass is 16.5. The van der Waals surface area contributed by atoms with Crippen molar-refractivity contribution in [3.05, 3.63) is 12.3 Å². The van der Waals surface area contributed by atoms with Gasteiger partial charge in [-0.3, -0.25) is 4.79 Å². The summed E-state index contributed by atoms with van der Waals surface area (Å²) in [6.07, 6.45) is 41.5. The van der Waals surface area contributed by atoms with Gasteiger partial charge in [0.05, 0.1) is 24.6 Å². The third-order valence-corrected chi connectivity index (χ3v) is 12.0. The number of aliphatic hydroxyl groups is 1. The number of allylic oxidation sites excluding steroid dienone is 1. The van der Waals surface area contributed by atoms with Gasteiger partial charge < -0.3 is 29.3 Å². The van der Waals surface area contributed by atoms with Crippen LogP contribution in [0.25, 0.3) is 0 Å². The van der Waals surface area contributed by atoms with E-state index in [4.69, 9.17) is 9.47 Å². The van der Waals surface area contributed by atoms with Crippen LogP contribution >= 0.6 is 0 Å². The molecule has 0 aromatic carbocycles. The molecule has 0 amide bonds. The van der Waals surface area contributed by atoms with E-state index in [-0.39, 0.29) is 12.1 Å². The first-order valence-corrected chi connectivity index (χ1v) is 25.9. The molecule has 1 N–H and O–H groups in total. The van der Waals surface area contributed by atoms with Crippen LogP contribution in [0.15, 0.2) is 12.3 Å². The van der Waals surface area contributed by atoms with Crippen molar-refractivity contribution in [3.63, 3.8) is 0 Å². The van der Waals surface area contributed by atoms with Crippen molar-refractivity contribution in [1.82, 2.24) is 14.7 Å². The van der Waals surface area contributed by atoms with Crippen molar-refractivity contribution in [2.75, 3.05) is 67.0 Å². The van der Waals surface area contributed by atoms with Crippen LogP contribution in [-0.2, 0) is 14.3 Å². The maximum atomic E-state index is 12.3. The standard InChI is InChI=1S/C52H105N3O4/c1-8-11-14-17-20-21-22-28-36-46-58-52(57)41-33-29-35-45-55(48-50(56)47-54(7)43-37-42-53(5)6)44-34-27-23-24-30-38-49(4)59-51(39-31-25-18-15-12-9-2)40-32-26-19-16-13-10-3/h50-51,56H,4,8-48H2,1-3,5-7H3. The van der Waals surface area contributed by atoms with Crippen LogP contribution in [0.3, 0.4) is 0 Å². The van der Waals surface area contributed by atoms with Gasteiger partial charge in [-0.25, -0.2) is 0 Å². The molecule has 0 aromatic rings. The fraction of sp³-hybridized carbons (Fsp3) is 0.942. The number of hydrogen-bond donors (Lipinski definition) is 1. The van der Waals surface area contributed by atoms with E-state index in [1.54, 1.807) is 0 Å². The zero-order valence-electron chi connectivity index (χ0n) is 40.9. The minimum absolute atomic E-state index is 0.0366. The van der Waals surface area contributed by atoms with Gasteiger partial charge in [-0.05, 0) is 112 Å². The van der Waals surface area contributed by atoms with E-state index >= 15 is 0 Å². The van der Waals surface area contributed by atoms with Crippen molar-refractivity contribution < 1.29 is 19.4 Å². The predicted molar refractivity (Wildman–Crippen MR) is 257 cm³/mol. The number of hydrogen-bond acceptors (Lipinski definition) is 7. The van der Waals surface area contributed by atoms with Crippen LogP contribution in [0.2, 0.25) is 0 Å². The molecule has 352 valence electrons. The van der Waals surface area contributed by atoms with E-state index in [0.29, 0.717) is 32.2 Å². The Morgan fingerprint density at radius 3 is 1.47 bits per heavy atom. The summed E-state index contributed by atoms with van der Waals surface area (Å²) in [6, 6.07) is 0. The highest BCUT2D eigenvalue weighted by Crippen LogP contribution is 2.21. The molecule has 0 aliphatic rings. The molecular weight excluding hydrogens is 731 g/mol. The maximum Gasteiger partial charge on any atom is 0.305 e. The lowest BCUT2D eigenvalue weighted by atomic mass is 10.0. The van der Waals surface area contributed by atoms with E-state index in [9.17, 15) is 9.90 Å². The minimum Gasteiger partial charge on any atom is -0.495 e. The molecule has 0 saturated carbocycles. The molecule has 0 fully saturated rings. The Morgan fingerprint density at radius 2 is 0.949 bits per heavy atom. The smallest absolute Gasteiger partial charge is 0.305 e. The summed E-state index contributed by atoms with van der Waals surface area (Å²) in [5, 5.41) is 11.1. The first-order chi connectivity index (χ1) is 28.7. The summed E-state index contributed by atoms with van der Waals surface area (Å²) in [6.45, 7) is 17.3. The molecule has 1 unspecified atom stereocenters. The van der Waals surface area contributed by atoms with Crippen LogP contribution in [0, 0.1) is 0 Å². The van der Waals surface area contributed by atoms with Crippen LogP contribution < -0.4 is 0 Å². The Balaban J connectivity index is 4.56. The van der Waals surface area contributed by atoms with E-state index in [2.05, 4.69) is 63.2 Å². The van der Waals surface area contributed by atoms with Gasteiger partial charge in [-0.2, -0.15) is 0 Å². The van der Waals surface area contributed by atoms with Gasteiger partial charge in [0, 0.05) is 25.9 Å². The Morgan fingerprint density at radius 1 is 0.508 bits per heavy atom. The van der Waals surface area contributed by atoms with Gasteiger partial charge in [0.1, 0.15) is 0 Å². The minimum atomic E-state index is -0.354. The van der Waals surface area contributed by atoms with Crippen molar-refractivity contribution in [2.24, 2.45) is 0 Å². The summed E-state index contributed by atoms with van der Waals surface area (Å²) >= 11 is 0. The molecule has 0 aliphatic heterocycles. The first-order valence-electron chi connectivity index (χ1n) is 25.9. The molecule has 0 aliphatic carbocycles. The number of nitrogens with zero attached hydrogens (tertiary/aromatic N) is 3. The monoisotopic (exact) mass is 836 g/mol. The number of carbonyl (C=O) groups is 1. The van der Waals surface area contributed by atoms with Crippen LogP contribution in [0.1, 0.15) is 239 Å². The van der Waals surface area contributed by atoms with Crippen LogP contribution in [-0.4, -0.2) is 105 Å². The number of rotatable bonds is 48. The number of ether oxygens (including phenoxy) is 2. The molecule has 7 nitrogen and oxygen atoms in total. The molecule has 0 spiro atoms. The summed E-state index contributed by atoms with van der Waals surface area (Å²) in [5.41, 5.74) is 0. The average Bonchev–Trinajstić information content (AvgIpc) is 3.20. The molecule has 59 heavy (non-hydrogen) atoms. The van der Waals surface area contributed by atoms with Gasteiger partial charge in [0.2, 0.25) is 0 Å². The van der Waals surface area contributed by atoms with Crippen molar-refractivity contribution >= 4 is 5.97 Å². The number of carbonyl (C=O) groups excluding carboxylic acids is 1. The van der Waals surface area contributed by atoms with Crippen molar-refractivity contribution in [1.29, 1.82) is 0 Å². The third-order valence-electron chi connectivity index (χ3n) is 12.0. The summed E-state index contributed by atoms with van der Waals surface area (Å²) in [5.74, 6) is 0.969. The summed E-state index contributed by atoms with van der Waals surface area (Å²) in [4.78, 5) is 19.3. The average molecular weight is 836 g/mol. The highest BCUT2D eigenvalue weighted by molar-refractivity contribution is 5.69. The second-order valence-electron chi connectivity index (χ2n) is 18.6. The Hall–Kier alpha value is -1.15. The quantitative estimate of drug-likeness (QED) is 0.0372. The van der Waals surface area contributed by atoms with Gasteiger partial charge in [-0.1, -0.05) is 169 Å². The lowest BCUT2D eigenvalue weighted by molar-refractivity contribution is -0.143. The third kappa shape index (κ3) is 43.3. The lowest BCUT2D eigenvalue weighted by Crippen LogP contribution is -2.40. The Labute approximate surface area is 369 Å². The second kappa shape index (κ2) is 44.9. The van der Waals surface area contributed by atoms with E-state index in [1.165, 1.54) is 161 Å². The van der Waals surface area contributed by atoms with E-state index < -0.39 is 0 Å². The normalized spacial score (nSPS) is 12.4. The van der Waals surface area contributed by atoms with Crippen LogP contribution in [0.5, 0.6) is 0 Å². The maximum absolute atomic E-state index is 12.3. The van der Waals surface area contributed by atoms with Gasteiger partial charge in [0.25, 0.3) is 0 Å². The number of esters is 1. The molecule has 0 rings (SSSR count). The molecular formula is C52H105N3O4.